The Hall–Kier alpha value is -4.93. The van der Waals surface area contributed by atoms with Gasteiger partial charge in [0.25, 0.3) is 5.56 Å². The lowest BCUT2D eigenvalue weighted by Crippen LogP contribution is -2.42. The van der Waals surface area contributed by atoms with Crippen molar-refractivity contribution < 1.29 is 14.7 Å². The van der Waals surface area contributed by atoms with Crippen molar-refractivity contribution in [3.05, 3.63) is 112 Å². The summed E-state index contributed by atoms with van der Waals surface area (Å²) in [6, 6.07) is 20.6. The lowest BCUT2D eigenvalue weighted by atomic mass is 9.90. The molecule has 5 aromatic rings. The monoisotopic (exact) mass is 839 g/mol. The van der Waals surface area contributed by atoms with Crippen LogP contribution >= 0.6 is 22.6 Å². The number of anilines is 3. The Labute approximate surface area is 326 Å². The van der Waals surface area contributed by atoms with Crippen LogP contribution in [0.2, 0.25) is 0 Å². The Morgan fingerprint density at radius 2 is 1.76 bits per heavy atom. The number of nitrogens with zero attached hydrogens (tertiary/aromatic N) is 6. The number of alkyl halides is 1. The van der Waals surface area contributed by atoms with Gasteiger partial charge in [0.2, 0.25) is 17.8 Å². The number of imide groups is 1. The SMILES string of the molecule is C=CCn1c(=O)c2cnc(Nc3ccc(N4CCC(NCc5ccc(C6CCC(=O)NC6=O)cc5)CC4)cc3)nc2n1-c1ccc2c(n1)[C@@](O)(CI)CC2. The van der Waals surface area contributed by atoms with E-state index in [1.54, 1.807) is 21.6 Å². The summed E-state index contributed by atoms with van der Waals surface area (Å²) in [5.74, 6) is 0.188. The fraction of sp³-hybridized carbons (Fsp3) is 0.350. The van der Waals surface area contributed by atoms with Crippen LogP contribution in [0.15, 0.2) is 84.3 Å². The third-order valence-corrected chi connectivity index (χ3v) is 12.1. The number of carbonyl (C=O) groups is 2. The van der Waals surface area contributed by atoms with Gasteiger partial charge >= 0.3 is 0 Å². The number of pyridine rings is 1. The Kier molecular flexibility index (Phi) is 10.1. The number of allylic oxidation sites excluding steroid dienone is 1. The van der Waals surface area contributed by atoms with Crippen LogP contribution in [0, 0.1) is 0 Å². The summed E-state index contributed by atoms with van der Waals surface area (Å²) in [6.45, 7) is 6.73. The third kappa shape index (κ3) is 7.05. The molecule has 0 radical (unpaired) electrons. The molecule has 8 rings (SSSR count). The lowest BCUT2D eigenvalue weighted by Gasteiger charge is -2.34. The van der Waals surface area contributed by atoms with Gasteiger partial charge in [0.1, 0.15) is 11.0 Å². The number of rotatable bonds is 11. The number of aliphatic hydroxyl groups is 1. The molecule has 2 aromatic carbocycles. The average molecular weight is 840 g/mol. The number of hydrogen-bond donors (Lipinski definition) is 4. The Morgan fingerprint density at radius 1 is 0.981 bits per heavy atom. The minimum atomic E-state index is -1.00. The number of amides is 2. The van der Waals surface area contributed by atoms with E-state index in [4.69, 9.17) is 9.97 Å². The minimum Gasteiger partial charge on any atom is -0.383 e. The first-order chi connectivity index (χ1) is 26.2. The van der Waals surface area contributed by atoms with E-state index in [-0.39, 0.29) is 29.8 Å². The molecule has 0 spiro atoms. The van der Waals surface area contributed by atoms with Crippen LogP contribution in [0.3, 0.4) is 0 Å². The van der Waals surface area contributed by atoms with Crippen molar-refractivity contribution in [3.8, 4) is 5.82 Å². The first-order valence-corrected chi connectivity index (χ1v) is 19.9. The second-order valence-electron chi connectivity index (χ2n) is 14.3. The Bertz CT molecular complexity index is 2280. The van der Waals surface area contributed by atoms with Gasteiger partial charge in [-0.1, -0.05) is 59.0 Å². The summed E-state index contributed by atoms with van der Waals surface area (Å²) in [6.07, 6.45) is 7.55. The van der Waals surface area contributed by atoms with Crippen LogP contribution in [0.4, 0.5) is 17.3 Å². The zero-order valence-corrected chi connectivity index (χ0v) is 32.0. The topological polar surface area (TPSA) is 159 Å². The highest BCUT2D eigenvalue weighted by Crippen LogP contribution is 2.37. The molecule has 2 saturated heterocycles. The van der Waals surface area contributed by atoms with Crippen LogP contribution in [0.1, 0.15) is 60.4 Å². The quantitative estimate of drug-likeness (QED) is 0.0633. The van der Waals surface area contributed by atoms with E-state index in [1.165, 1.54) is 5.56 Å². The van der Waals surface area contributed by atoms with Crippen LogP contribution in [0.25, 0.3) is 16.9 Å². The van der Waals surface area contributed by atoms with Crippen LogP contribution in [-0.4, -0.2) is 64.8 Å². The molecule has 1 aliphatic carbocycles. The van der Waals surface area contributed by atoms with E-state index >= 15 is 0 Å². The van der Waals surface area contributed by atoms with Gasteiger partial charge in [-0.2, -0.15) is 4.98 Å². The molecule has 278 valence electrons. The molecule has 0 saturated carbocycles. The average Bonchev–Trinajstić information content (AvgIpc) is 3.67. The maximum absolute atomic E-state index is 13.5. The van der Waals surface area contributed by atoms with E-state index in [0.717, 1.165) is 61.4 Å². The van der Waals surface area contributed by atoms with Gasteiger partial charge in [-0.05, 0) is 79.1 Å². The number of nitrogens with one attached hydrogen (secondary N) is 3. The van der Waals surface area contributed by atoms with Crippen LogP contribution < -0.4 is 26.4 Å². The molecule has 54 heavy (non-hydrogen) atoms. The number of carbonyl (C=O) groups excluding carboxylic acids is 2. The molecule has 2 aliphatic heterocycles. The first-order valence-electron chi connectivity index (χ1n) is 18.4. The summed E-state index contributed by atoms with van der Waals surface area (Å²) in [5, 5.41) is 21.0. The van der Waals surface area contributed by atoms with Gasteiger partial charge < -0.3 is 20.6 Å². The zero-order chi connectivity index (χ0) is 37.4. The second kappa shape index (κ2) is 15.1. The number of aryl methyl sites for hydroxylation is 1. The molecular formula is C40H42IN9O4. The molecule has 1 unspecified atom stereocenters. The highest BCUT2D eigenvalue weighted by Gasteiger charge is 2.38. The number of hydrogen-bond acceptors (Lipinski definition) is 10. The van der Waals surface area contributed by atoms with Crippen molar-refractivity contribution in [2.75, 3.05) is 27.7 Å². The number of benzene rings is 2. The Balaban J connectivity index is 0.904. The van der Waals surface area contributed by atoms with Gasteiger partial charge in [-0.3, -0.25) is 19.7 Å². The smallest absolute Gasteiger partial charge is 0.278 e. The largest absolute Gasteiger partial charge is 0.383 e. The molecule has 2 fully saturated rings. The molecule has 3 aromatic heterocycles. The lowest BCUT2D eigenvalue weighted by molar-refractivity contribution is -0.134. The predicted molar refractivity (Wildman–Crippen MR) is 216 cm³/mol. The molecule has 0 bridgehead atoms. The second-order valence-corrected chi connectivity index (χ2v) is 15.1. The highest BCUT2D eigenvalue weighted by molar-refractivity contribution is 14.1. The van der Waals surface area contributed by atoms with Crippen molar-refractivity contribution in [1.82, 2.24) is 34.9 Å². The van der Waals surface area contributed by atoms with Gasteiger partial charge in [0.15, 0.2) is 11.5 Å². The number of fused-ring (bicyclic) bond motifs is 2. The van der Waals surface area contributed by atoms with Gasteiger partial charge in [-0.15, -0.1) is 6.58 Å². The Morgan fingerprint density at radius 3 is 2.48 bits per heavy atom. The van der Waals surface area contributed by atoms with Crippen molar-refractivity contribution in [3.63, 3.8) is 0 Å². The maximum Gasteiger partial charge on any atom is 0.278 e. The molecule has 3 aliphatic rings. The van der Waals surface area contributed by atoms with Crippen molar-refractivity contribution in [1.29, 1.82) is 0 Å². The molecule has 13 nitrogen and oxygen atoms in total. The molecular weight excluding hydrogens is 797 g/mol. The number of aromatic nitrogens is 5. The van der Waals surface area contributed by atoms with E-state index in [9.17, 15) is 19.5 Å². The number of halogens is 1. The highest BCUT2D eigenvalue weighted by atomic mass is 127. The third-order valence-electron chi connectivity index (χ3n) is 10.8. The van der Waals surface area contributed by atoms with Gasteiger partial charge in [0, 0.05) is 54.1 Å². The summed E-state index contributed by atoms with van der Waals surface area (Å²) in [5.41, 5.74) is 4.92. The fourth-order valence-corrected chi connectivity index (χ4v) is 8.51. The summed E-state index contributed by atoms with van der Waals surface area (Å²) >= 11 is 2.20. The van der Waals surface area contributed by atoms with E-state index in [0.29, 0.717) is 58.2 Å². The van der Waals surface area contributed by atoms with E-state index < -0.39 is 5.60 Å². The zero-order valence-electron chi connectivity index (χ0n) is 29.8. The molecule has 4 N–H and O–H groups in total. The fourth-order valence-electron chi connectivity index (χ4n) is 7.77. The minimum absolute atomic E-state index is 0.194. The summed E-state index contributed by atoms with van der Waals surface area (Å²) in [4.78, 5) is 53.7. The standard InChI is InChI=1S/C40H42IN9O4/c1-2-19-49-38(53)32-23-43-39(47-36(32)50(49)33-13-7-27-15-18-40(54,24-41)35(27)45-33)44-29-8-10-30(11-9-29)48-20-16-28(17-21-48)42-22-25-3-5-26(6-4-25)31-12-14-34(51)46-37(31)52/h2-11,13,23,28,31,42,54H,1,12,14-22,24H2,(H,43,44,47)(H,46,51,52)/t31?,40-/m0/s1. The maximum atomic E-state index is 13.5. The van der Waals surface area contributed by atoms with Crippen LogP contribution in [0.5, 0.6) is 0 Å². The van der Waals surface area contributed by atoms with Crippen LogP contribution in [-0.2, 0) is 34.7 Å². The van der Waals surface area contributed by atoms with Crippen molar-refractivity contribution in [2.24, 2.45) is 0 Å². The molecule has 5 heterocycles. The predicted octanol–water partition coefficient (Wildman–Crippen LogP) is 4.75. The molecule has 2 amide bonds. The normalized spacial score (nSPS) is 20.3. The molecule has 14 heteroatoms. The van der Waals surface area contributed by atoms with Gasteiger partial charge in [-0.25, -0.2) is 19.3 Å². The summed E-state index contributed by atoms with van der Waals surface area (Å²) in [7, 11) is 0. The molecule has 2 atom stereocenters. The van der Waals surface area contributed by atoms with E-state index in [1.807, 2.05) is 36.4 Å². The van der Waals surface area contributed by atoms with E-state index in [2.05, 4.69) is 79.3 Å². The van der Waals surface area contributed by atoms with Crippen molar-refractivity contribution >= 4 is 62.8 Å². The van der Waals surface area contributed by atoms with Gasteiger partial charge in [0.05, 0.1) is 18.2 Å². The number of piperidine rings is 2. The first kappa shape index (κ1) is 36.1. The van der Waals surface area contributed by atoms with Crippen molar-refractivity contribution in [2.45, 2.75) is 69.2 Å². The summed E-state index contributed by atoms with van der Waals surface area (Å²) < 4.78 is 3.76.